The lowest BCUT2D eigenvalue weighted by Gasteiger charge is -2.16. The van der Waals surface area contributed by atoms with E-state index in [1.807, 2.05) is 6.08 Å². The molecular weight excluding hydrogens is 238 g/mol. The molecule has 14 heavy (non-hydrogen) atoms. The van der Waals surface area contributed by atoms with Crippen molar-refractivity contribution in [3.05, 3.63) is 47.0 Å². The number of halogens is 1. The zero-order chi connectivity index (χ0) is 10.4. The molecule has 0 radical (unpaired) electrons. The third-order valence-corrected chi connectivity index (χ3v) is 2.72. The van der Waals surface area contributed by atoms with Crippen LogP contribution in [0.5, 0.6) is 0 Å². The molecule has 76 valence electrons. The first kappa shape index (κ1) is 11.5. The van der Waals surface area contributed by atoms with Gasteiger partial charge in [0.2, 0.25) is 0 Å². The standard InChI is InChI=1S/C12H16BrN/c1-3-9-14-12(4-2)10-5-7-11(13)8-6-10/h3,5-8,12,14H,1,4,9H2,2H3. The lowest BCUT2D eigenvalue weighted by atomic mass is 10.0. The largest absolute Gasteiger partial charge is 0.306 e. The second-order valence-electron chi connectivity index (χ2n) is 3.21. The molecule has 0 aliphatic rings. The van der Waals surface area contributed by atoms with Crippen LogP contribution in [0.3, 0.4) is 0 Å². The van der Waals surface area contributed by atoms with Crippen molar-refractivity contribution in [2.45, 2.75) is 19.4 Å². The quantitative estimate of drug-likeness (QED) is 0.790. The summed E-state index contributed by atoms with van der Waals surface area (Å²) in [4.78, 5) is 0. The predicted molar refractivity (Wildman–Crippen MR) is 65.4 cm³/mol. The van der Waals surface area contributed by atoms with Crippen molar-refractivity contribution in [2.24, 2.45) is 0 Å². The average molecular weight is 254 g/mol. The van der Waals surface area contributed by atoms with Crippen molar-refractivity contribution in [1.82, 2.24) is 5.32 Å². The van der Waals surface area contributed by atoms with E-state index in [1.54, 1.807) is 0 Å². The molecule has 1 rings (SSSR count). The molecule has 1 nitrogen and oxygen atoms in total. The highest BCUT2D eigenvalue weighted by atomic mass is 79.9. The van der Waals surface area contributed by atoms with Gasteiger partial charge in [-0.15, -0.1) is 6.58 Å². The molecule has 1 N–H and O–H groups in total. The van der Waals surface area contributed by atoms with Gasteiger partial charge in [-0.25, -0.2) is 0 Å². The second kappa shape index (κ2) is 5.99. The van der Waals surface area contributed by atoms with Gasteiger partial charge in [0, 0.05) is 17.1 Å². The van der Waals surface area contributed by atoms with Crippen LogP contribution >= 0.6 is 15.9 Å². The molecule has 0 aromatic heterocycles. The first-order valence-corrected chi connectivity index (χ1v) is 5.67. The third-order valence-electron chi connectivity index (χ3n) is 2.19. The van der Waals surface area contributed by atoms with Crippen LogP contribution in [-0.4, -0.2) is 6.54 Å². The van der Waals surface area contributed by atoms with Gasteiger partial charge in [-0.2, -0.15) is 0 Å². The van der Waals surface area contributed by atoms with Crippen LogP contribution in [0.15, 0.2) is 41.4 Å². The molecular formula is C12H16BrN. The Bertz CT molecular complexity index is 279. The van der Waals surface area contributed by atoms with Crippen LogP contribution in [0.25, 0.3) is 0 Å². The number of benzene rings is 1. The molecule has 0 saturated heterocycles. The Kier molecular flexibility index (Phi) is 4.91. The molecule has 0 aliphatic heterocycles. The van der Waals surface area contributed by atoms with E-state index in [-0.39, 0.29) is 0 Å². The van der Waals surface area contributed by atoms with Gasteiger partial charge in [-0.3, -0.25) is 0 Å². The fourth-order valence-electron chi connectivity index (χ4n) is 1.42. The zero-order valence-corrected chi connectivity index (χ0v) is 10.0. The summed E-state index contributed by atoms with van der Waals surface area (Å²) in [6.07, 6.45) is 2.98. The Morgan fingerprint density at radius 1 is 1.43 bits per heavy atom. The zero-order valence-electron chi connectivity index (χ0n) is 8.46. The van der Waals surface area contributed by atoms with E-state index < -0.39 is 0 Å². The molecule has 0 aliphatic carbocycles. The third kappa shape index (κ3) is 3.28. The van der Waals surface area contributed by atoms with E-state index in [9.17, 15) is 0 Å². The van der Waals surface area contributed by atoms with Crippen molar-refractivity contribution < 1.29 is 0 Å². The molecule has 1 unspecified atom stereocenters. The Labute approximate surface area is 94.3 Å². The smallest absolute Gasteiger partial charge is 0.0320 e. The van der Waals surface area contributed by atoms with Crippen molar-refractivity contribution in [3.63, 3.8) is 0 Å². The lowest BCUT2D eigenvalue weighted by Crippen LogP contribution is -2.20. The fourth-order valence-corrected chi connectivity index (χ4v) is 1.68. The predicted octanol–water partition coefficient (Wildman–Crippen LogP) is 3.68. The lowest BCUT2D eigenvalue weighted by molar-refractivity contribution is 0.551. The molecule has 0 spiro atoms. The summed E-state index contributed by atoms with van der Waals surface area (Å²) in [7, 11) is 0. The molecule has 0 bridgehead atoms. The van der Waals surface area contributed by atoms with E-state index >= 15 is 0 Å². The van der Waals surface area contributed by atoms with Crippen molar-refractivity contribution in [3.8, 4) is 0 Å². The molecule has 1 aromatic rings. The first-order chi connectivity index (χ1) is 6.77. The number of rotatable bonds is 5. The highest BCUT2D eigenvalue weighted by Gasteiger charge is 2.06. The van der Waals surface area contributed by atoms with Crippen LogP contribution in [-0.2, 0) is 0 Å². The normalized spacial score (nSPS) is 12.4. The molecule has 1 atom stereocenters. The van der Waals surface area contributed by atoms with E-state index in [0.29, 0.717) is 6.04 Å². The van der Waals surface area contributed by atoms with Crippen LogP contribution in [0.4, 0.5) is 0 Å². The van der Waals surface area contributed by atoms with Gasteiger partial charge in [0.15, 0.2) is 0 Å². The number of hydrogen-bond donors (Lipinski definition) is 1. The summed E-state index contributed by atoms with van der Waals surface area (Å²) in [5.41, 5.74) is 1.33. The maximum atomic E-state index is 3.70. The summed E-state index contributed by atoms with van der Waals surface area (Å²) >= 11 is 3.43. The van der Waals surface area contributed by atoms with E-state index in [2.05, 4.69) is 59.0 Å². The summed E-state index contributed by atoms with van der Waals surface area (Å²) in [5, 5.41) is 3.42. The van der Waals surface area contributed by atoms with Crippen LogP contribution in [0, 0.1) is 0 Å². The minimum absolute atomic E-state index is 0.432. The average Bonchev–Trinajstić information content (AvgIpc) is 2.21. The summed E-state index contributed by atoms with van der Waals surface area (Å²) < 4.78 is 1.12. The maximum absolute atomic E-state index is 3.70. The summed E-state index contributed by atoms with van der Waals surface area (Å²) in [6, 6.07) is 8.88. The van der Waals surface area contributed by atoms with Gasteiger partial charge in [-0.05, 0) is 24.1 Å². The Balaban J connectivity index is 2.68. The molecule has 0 heterocycles. The molecule has 0 saturated carbocycles. The highest BCUT2D eigenvalue weighted by Crippen LogP contribution is 2.19. The van der Waals surface area contributed by atoms with Crippen molar-refractivity contribution >= 4 is 15.9 Å². The monoisotopic (exact) mass is 253 g/mol. The van der Waals surface area contributed by atoms with E-state index in [0.717, 1.165) is 17.4 Å². The van der Waals surface area contributed by atoms with E-state index in [1.165, 1.54) is 5.56 Å². The van der Waals surface area contributed by atoms with Crippen LogP contribution < -0.4 is 5.32 Å². The van der Waals surface area contributed by atoms with Gasteiger partial charge in [-0.1, -0.05) is 41.1 Å². The second-order valence-corrected chi connectivity index (χ2v) is 4.12. The van der Waals surface area contributed by atoms with Gasteiger partial charge >= 0.3 is 0 Å². The van der Waals surface area contributed by atoms with Crippen LogP contribution in [0.2, 0.25) is 0 Å². The highest BCUT2D eigenvalue weighted by molar-refractivity contribution is 9.10. The molecule has 1 aromatic carbocycles. The summed E-state index contributed by atoms with van der Waals surface area (Å²) in [5.74, 6) is 0. The Morgan fingerprint density at radius 3 is 2.57 bits per heavy atom. The minimum atomic E-state index is 0.432. The summed E-state index contributed by atoms with van der Waals surface area (Å²) in [6.45, 7) is 6.74. The van der Waals surface area contributed by atoms with E-state index in [4.69, 9.17) is 0 Å². The van der Waals surface area contributed by atoms with Gasteiger partial charge in [0.1, 0.15) is 0 Å². The number of nitrogens with one attached hydrogen (secondary N) is 1. The molecule has 0 amide bonds. The minimum Gasteiger partial charge on any atom is -0.306 e. The topological polar surface area (TPSA) is 12.0 Å². The SMILES string of the molecule is C=CCNC(CC)c1ccc(Br)cc1. The van der Waals surface area contributed by atoms with Crippen LogP contribution in [0.1, 0.15) is 24.9 Å². The maximum Gasteiger partial charge on any atom is 0.0320 e. The first-order valence-electron chi connectivity index (χ1n) is 4.87. The molecule has 0 fully saturated rings. The van der Waals surface area contributed by atoms with Gasteiger partial charge < -0.3 is 5.32 Å². The van der Waals surface area contributed by atoms with Gasteiger partial charge in [0.25, 0.3) is 0 Å². The van der Waals surface area contributed by atoms with Gasteiger partial charge in [0.05, 0.1) is 0 Å². The Morgan fingerprint density at radius 2 is 2.07 bits per heavy atom. The molecule has 2 heteroatoms. The fraction of sp³-hybridized carbons (Fsp3) is 0.333. The Hall–Kier alpha value is -0.600. The van der Waals surface area contributed by atoms with Crippen molar-refractivity contribution in [1.29, 1.82) is 0 Å². The van der Waals surface area contributed by atoms with Crippen molar-refractivity contribution in [2.75, 3.05) is 6.54 Å². The number of hydrogen-bond acceptors (Lipinski definition) is 1.